The molecule has 3 rings (SSSR count). The number of methoxy groups -OCH3 is 1. The Morgan fingerprint density at radius 2 is 1.77 bits per heavy atom. The monoisotopic (exact) mass is 369 g/mol. The van der Waals surface area contributed by atoms with E-state index < -0.39 is 10.8 Å². The Labute approximate surface area is 154 Å². The Kier molecular flexibility index (Phi) is 5.86. The van der Waals surface area contributed by atoms with E-state index in [1.807, 2.05) is 54.6 Å². The van der Waals surface area contributed by atoms with Crippen molar-refractivity contribution >= 4 is 16.7 Å². The minimum atomic E-state index is -1.21. The lowest BCUT2D eigenvalue weighted by Gasteiger charge is -2.05. The summed E-state index contributed by atoms with van der Waals surface area (Å²) >= 11 is 0. The number of hydrogen-bond acceptors (Lipinski definition) is 4. The second-order valence-corrected chi connectivity index (χ2v) is 7.05. The van der Waals surface area contributed by atoms with Gasteiger partial charge in [-0.1, -0.05) is 30.3 Å². The quantitative estimate of drug-likeness (QED) is 0.692. The van der Waals surface area contributed by atoms with Crippen LogP contribution >= 0.6 is 0 Å². The highest BCUT2D eigenvalue weighted by Crippen LogP contribution is 2.15. The maximum Gasteiger partial charge on any atom is 0.287 e. The molecule has 0 fully saturated rings. The average Bonchev–Trinajstić information content (AvgIpc) is 3.15. The van der Waals surface area contributed by atoms with Gasteiger partial charge in [0.1, 0.15) is 11.5 Å². The molecule has 0 aliphatic carbocycles. The molecule has 0 radical (unpaired) electrons. The molecular formula is C20H19NO4S. The van der Waals surface area contributed by atoms with E-state index in [-0.39, 0.29) is 17.4 Å². The van der Waals surface area contributed by atoms with Crippen molar-refractivity contribution in [3.63, 3.8) is 0 Å². The Bertz CT molecular complexity index is 888. The molecule has 0 saturated heterocycles. The number of carbonyl (C=O) groups is 1. The molecule has 3 aromatic rings. The molecule has 1 amide bonds. The van der Waals surface area contributed by atoms with Gasteiger partial charge in [-0.15, -0.1) is 0 Å². The lowest BCUT2D eigenvalue weighted by atomic mass is 10.2. The standard InChI is InChI=1S/C20H19NO4S/c1-24-16-9-7-15(8-10-16)13-21-20(22)19-12-11-17(25-19)14-26(23)18-5-3-2-4-6-18/h2-12H,13-14H2,1H3,(H,21,22)/t26-/m0/s1. The van der Waals surface area contributed by atoms with Crippen molar-refractivity contribution in [2.45, 2.75) is 17.2 Å². The summed E-state index contributed by atoms with van der Waals surface area (Å²) in [4.78, 5) is 12.9. The van der Waals surface area contributed by atoms with E-state index in [9.17, 15) is 9.00 Å². The van der Waals surface area contributed by atoms with Crippen LogP contribution in [0.3, 0.4) is 0 Å². The van der Waals surface area contributed by atoms with Crippen molar-refractivity contribution in [2.24, 2.45) is 0 Å². The van der Waals surface area contributed by atoms with E-state index >= 15 is 0 Å². The molecule has 0 bridgehead atoms. The van der Waals surface area contributed by atoms with Crippen LogP contribution in [0.15, 0.2) is 76.0 Å². The zero-order chi connectivity index (χ0) is 18.4. The minimum Gasteiger partial charge on any atom is -0.497 e. The van der Waals surface area contributed by atoms with Crippen LogP contribution in [-0.2, 0) is 23.1 Å². The number of benzene rings is 2. The Morgan fingerprint density at radius 1 is 1.04 bits per heavy atom. The minimum absolute atomic E-state index is 0.207. The zero-order valence-electron chi connectivity index (χ0n) is 14.3. The predicted molar refractivity (Wildman–Crippen MR) is 99.4 cm³/mol. The van der Waals surface area contributed by atoms with Crippen LogP contribution in [0.5, 0.6) is 5.75 Å². The molecule has 26 heavy (non-hydrogen) atoms. The second-order valence-electron chi connectivity index (χ2n) is 5.60. The number of ether oxygens (including phenoxy) is 1. The van der Waals surface area contributed by atoms with Gasteiger partial charge >= 0.3 is 0 Å². The number of carbonyl (C=O) groups excluding carboxylic acids is 1. The molecule has 1 aromatic heterocycles. The molecule has 0 spiro atoms. The Morgan fingerprint density at radius 3 is 2.46 bits per heavy atom. The molecule has 1 atom stereocenters. The first kappa shape index (κ1) is 17.9. The maximum absolute atomic E-state index is 12.3. The van der Waals surface area contributed by atoms with Crippen LogP contribution in [0.4, 0.5) is 0 Å². The van der Waals surface area contributed by atoms with Gasteiger partial charge in [0, 0.05) is 11.4 Å². The summed E-state index contributed by atoms with van der Waals surface area (Å²) in [5.74, 6) is 1.41. The summed E-state index contributed by atoms with van der Waals surface area (Å²) in [5, 5.41) is 2.80. The van der Waals surface area contributed by atoms with Gasteiger partial charge in [0.25, 0.3) is 5.91 Å². The van der Waals surface area contributed by atoms with Crippen molar-refractivity contribution in [3.05, 3.63) is 83.8 Å². The fraction of sp³-hybridized carbons (Fsp3) is 0.150. The fourth-order valence-corrected chi connectivity index (χ4v) is 3.42. The van der Waals surface area contributed by atoms with Crippen LogP contribution in [0.25, 0.3) is 0 Å². The number of hydrogen-bond donors (Lipinski definition) is 1. The molecule has 1 heterocycles. The van der Waals surface area contributed by atoms with Gasteiger partial charge < -0.3 is 14.5 Å². The third-order valence-electron chi connectivity index (χ3n) is 3.78. The smallest absolute Gasteiger partial charge is 0.287 e. The molecule has 5 nitrogen and oxygen atoms in total. The highest BCUT2D eigenvalue weighted by molar-refractivity contribution is 7.84. The Hall–Kier alpha value is -2.86. The summed E-state index contributed by atoms with van der Waals surface area (Å²) in [7, 11) is 0.399. The van der Waals surface area contributed by atoms with E-state index in [2.05, 4.69) is 5.32 Å². The van der Waals surface area contributed by atoms with Gasteiger partial charge in [0.05, 0.1) is 23.7 Å². The molecule has 0 unspecified atom stereocenters. The van der Waals surface area contributed by atoms with E-state index in [1.165, 1.54) is 0 Å². The van der Waals surface area contributed by atoms with Gasteiger partial charge in [-0.2, -0.15) is 0 Å². The molecule has 0 saturated carbocycles. The van der Waals surface area contributed by atoms with Gasteiger partial charge in [-0.25, -0.2) is 0 Å². The SMILES string of the molecule is COc1ccc(CNC(=O)c2ccc(C[S@](=O)c3ccccc3)o2)cc1. The molecule has 1 N–H and O–H groups in total. The van der Waals surface area contributed by atoms with E-state index in [4.69, 9.17) is 9.15 Å². The number of rotatable bonds is 7. The summed E-state index contributed by atoms with van der Waals surface area (Å²) in [6.07, 6.45) is 0. The summed E-state index contributed by atoms with van der Waals surface area (Å²) in [6.45, 7) is 0.384. The number of furan rings is 1. The lowest BCUT2D eigenvalue weighted by molar-refractivity contribution is 0.0921. The largest absolute Gasteiger partial charge is 0.497 e. The van der Waals surface area contributed by atoms with Crippen LogP contribution in [0.2, 0.25) is 0 Å². The Balaban J connectivity index is 1.56. The van der Waals surface area contributed by atoms with E-state index in [0.717, 1.165) is 16.2 Å². The van der Waals surface area contributed by atoms with Gasteiger partial charge in [-0.3, -0.25) is 9.00 Å². The molecule has 6 heteroatoms. The average molecular weight is 369 g/mol. The van der Waals surface area contributed by atoms with Gasteiger partial charge in [-0.05, 0) is 42.0 Å². The van der Waals surface area contributed by atoms with Crippen molar-refractivity contribution in [2.75, 3.05) is 7.11 Å². The predicted octanol–water partition coefficient (Wildman–Crippen LogP) is 3.53. The number of nitrogens with one attached hydrogen (secondary N) is 1. The molecular weight excluding hydrogens is 350 g/mol. The first-order valence-corrected chi connectivity index (χ1v) is 9.41. The first-order chi connectivity index (χ1) is 12.7. The zero-order valence-corrected chi connectivity index (χ0v) is 15.1. The van der Waals surface area contributed by atoms with Crippen LogP contribution < -0.4 is 10.1 Å². The first-order valence-electron chi connectivity index (χ1n) is 8.09. The lowest BCUT2D eigenvalue weighted by Crippen LogP contribution is -2.22. The van der Waals surface area contributed by atoms with Crippen molar-refractivity contribution < 1.29 is 18.2 Å². The second kappa shape index (κ2) is 8.49. The van der Waals surface area contributed by atoms with Gasteiger partial charge in [0.15, 0.2) is 5.76 Å². The van der Waals surface area contributed by atoms with Crippen LogP contribution in [0, 0.1) is 0 Å². The van der Waals surface area contributed by atoms with E-state index in [1.54, 1.807) is 19.2 Å². The van der Waals surface area contributed by atoms with Gasteiger partial charge in [0.2, 0.25) is 0 Å². The topological polar surface area (TPSA) is 68.5 Å². The number of amides is 1. The van der Waals surface area contributed by atoms with Crippen LogP contribution in [-0.4, -0.2) is 17.2 Å². The van der Waals surface area contributed by atoms with Crippen LogP contribution in [0.1, 0.15) is 21.9 Å². The normalized spacial score (nSPS) is 11.7. The molecule has 0 aliphatic rings. The van der Waals surface area contributed by atoms with Crippen molar-refractivity contribution in [1.29, 1.82) is 0 Å². The molecule has 0 aliphatic heterocycles. The van der Waals surface area contributed by atoms with Crippen molar-refractivity contribution in [3.8, 4) is 5.75 Å². The highest BCUT2D eigenvalue weighted by atomic mass is 32.2. The summed E-state index contributed by atoms with van der Waals surface area (Å²) in [5.41, 5.74) is 0.955. The summed E-state index contributed by atoms with van der Waals surface area (Å²) < 4.78 is 22.9. The fourth-order valence-electron chi connectivity index (χ4n) is 2.38. The molecule has 2 aromatic carbocycles. The maximum atomic E-state index is 12.3. The van der Waals surface area contributed by atoms with Crippen molar-refractivity contribution in [1.82, 2.24) is 5.32 Å². The molecule has 134 valence electrons. The summed E-state index contributed by atoms with van der Waals surface area (Å²) in [6, 6.07) is 19.9. The highest BCUT2D eigenvalue weighted by Gasteiger charge is 2.13. The van der Waals surface area contributed by atoms with E-state index in [0.29, 0.717) is 12.3 Å². The third-order valence-corrected chi connectivity index (χ3v) is 5.12. The third kappa shape index (κ3) is 4.61.